The number of hydrogen-bond acceptors (Lipinski definition) is 3. The molecular formula is C18H15ClN2O3. The molecule has 0 aliphatic heterocycles. The molecule has 3 rings (SSSR count). The third-order valence-corrected chi connectivity index (χ3v) is 3.77. The second-order valence-corrected chi connectivity index (χ2v) is 5.75. The lowest BCUT2D eigenvalue weighted by Gasteiger charge is -2.13. The highest BCUT2D eigenvalue weighted by atomic mass is 35.5. The summed E-state index contributed by atoms with van der Waals surface area (Å²) in [5.41, 5.74) is 1.72. The minimum Gasteiger partial charge on any atom is -0.448 e. The van der Waals surface area contributed by atoms with Crippen molar-refractivity contribution in [3.8, 4) is 0 Å². The number of anilines is 1. The number of ether oxygens (including phenoxy) is 1. The normalized spacial score (nSPS) is 11.9. The summed E-state index contributed by atoms with van der Waals surface area (Å²) in [5, 5.41) is 4.15. The molecule has 0 aliphatic carbocycles. The van der Waals surface area contributed by atoms with Crippen LogP contribution in [-0.4, -0.2) is 23.0 Å². The molecular weight excluding hydrogens is 328 g/mol. The number of amides is 1. The first-order chi connectivity index (χ1) is 11.5. The van der Waals surface area contributed by atoms with Gasteiger partial charge in [0.25, 0.3) is 5.91 Å². The van der Waals surface area contributed by atoms with Crippen LogP contribution in [0.25, 0.3) is 10.9 Å². The van der Waals surface area contributed by atoms with Crippen molar-refractivity contribution in [2.45, 2.75) is 13.0 Å². The molecule has 1 heterocycles. The quantitative estimate of drug-likeness (QED) is 0.704. The Labute approximate surface area is 143 Å². The van der Waals surface area contributed by atoms with Gasteiger partial charge in [-0.3, -0.25) is 4.79 Å². The number of H-pyrrole nitrogens is 1. The standard InChI is InChI=1S/C18H15ClN2O3/c1-11(17(22)20-14-8-6-13(19)7-9-14)24-18(23)16-10-12-4-2-3-5-15(12)21-16/h2-11,21H,1H3,(H,20,22)/t11-/m0/s1. The third-order valence-electron chi connectivity index (χ3n) is 3.51. The number of hydrogen-bond donors (Lipinski definition) is 2. The maximum Gasteiger partial charge on any atom is 0.355 e. The van der Waals surface area contributed by atoms with E-state index in [1.807, 2.05) is 24.3 Å². The summed E-state index contributed by atoms with van der Waals surface area (Å²) in [5.74, 6) is -0.994. The summed E-state index contributed by atoms with van der Waals surface area (Å²) in [6.45, 7) is 1.52. The third kappa shape index (κ3) is 3.58. The van der Waals surface area contributed by atoms with E-state index in [9.17, 15) is 9.59 Å². The SMILES string of the molecule is C[C@H](OC(=O)c1cc2ccccc2[nH]1)C(=O)Nc1ccc(Cl)cc1. The zero-order valence-electron chi connectivity index (χ0n) is 12.9. The van der Waals surface area contributed by atoms with Crippen LogP contribution in [-0.2, 0) is 9.53 Å². The minimum atomic E-state index is -0.931. The van der Waals surface area contributed by atoms with Crippen molar-refractivity contribution in [2.75, 3.05) is 5.32 Å². The van der Waals surface area contributed by atoms with Gasteiger partial charge in [-0.15, -0.1) is 0 Å². The molecule has 2 aromatic carbocycles. The van der Waals surface area contributed by atoms with Gasteiger partial charge in [-0.05, 0) is 43.3 Å². The van der Waals surface area contributed by atoms with Crippen molar-refractivity contribution < 1.29 is 14.3 Å². The van der Waals surface area contributed by atoms with Crippen LogP contribution in [0, 0.1) is 0 Å². The fraction of sp³-hybridized carbons (Fsp3) is 0.111. The summed E-state index contributed by atoms with van der Waals surface area (Å²) in [7, 11) is 0. The van der Waals surface area contributed by atoms with Crippen molar-refractivity contribution in [3.63, 3.8) is 0 Å². The van der Waals surface area contributed by atoms with E-state index in [2.05, 4.69) is 10.3 Å². The van der Waals surface area contributed by atoms with Crippen LogP contribution in [0.4, 0.5) is 5.69 Å². The van der Waals surface area contributed by atoms with Crippen LogP contribution in [0.1, 0.15) is 17.4 Å². The molecule has 122 valence electrons. The average molecular weight is 343 g/mol. The predicted molar refractivity (Wildman–Crippen MR) is 93.3 cm³/mol. The van der Waals surface area contributed by atoms with Gasteiger partial charge >= 0.3 is 5.97 Å². The lowest BCUT2D eigenvalue weighted by Crippen LogP contribution is -2.30. The monoisotopic (exact) mass is 342 g/mol. The van der Waals surface area contributed by atoms with Gasteiger partial charge in [0.15, 0.2) is 6.10 Å². The molecule has 24 heavy (non-hydrogen) atoms. The van der Waals surface area contributed by atoms with Gasteiger partial charge in [0, 0.05) is 21.6 Å². The van der Waals surface area contributed by atoms with Gasteiger partial charge in [-0.1, -0.05) is 29.8 Å². The highest BCUT2D eigenvalue weighted by molar-refractivity contribution is 6.30. The van der Waals surface area contributed by atoms with Crippen LogP contribution in [0.3, 0.4) is 0 Å². The molecule has 0 spiro atoms. The van der Waals surface area contributed by atoms with E-state index in [-0.39, 0.29) is 0 Å². The number of rotatable bonds is 4. The van der Waals surface area contributed by atoms with Crippen molar-refractivity contribution in [1.82, 2.24) is 4.98 Å². The number of carbonyl (C=O) groups is 2. The molecule has 5 nitrogen and oxygen atoms in total. The van der Waals surface area contributed by atoms with E-state index in [1.165, 1.54) is 6.92 Å². The van der Waals surface area contributed by atoms with Crippen molar-refractivity contribution >= 4 is 40.1 Å². The highest BCUT2D eigenvalue weighted by Crippen LogP contribution is 2.17. The second kappa shape index (κ2) is 6.76. The molecule has 0 saturated heterocycles. The number of para-hydroxylation sites is 1. The Kier molecular flexibility index (Phi) is 4.53. The van der Waals surface area contributed by atoms with E-state index in [1.54, 1.807) is 30.3 Å². The summed E-state index contributed by atoms with van der Waals surface area (Å²) >= 11 is 5.80. The molecule has 0 radical (unpaired) electrons. The molecule has 0 bridgehead atoms. The number of benzene rings is 2. The summed E-state index contributed by atoms with van der Waals surface area (Å²) < 4.78 is 5.22. The molecule has 0 fully saturated rings. The Morgan fingerprint density at radius 2 is 1.83 bits per heavy atom. The maximum atomic E-state index is 12.2. The molecule has 2 N–H and O–H groups in total. The number of fused-ring (bicyclic) bond motifs is 1. The molecule has 1 amide bonds. The largest absolute Gasteiger partial charge is 0.448 e. The van der Waals surface area contributed by atoms with Crippen LogP contribution in [0.15, 0.2) is 54.6 Å². The summed E-state index contributed by atoms with van der Waals surface area (Å²) in [6.07, 6.45) is -0.931. The molecule has 0 unspecified atom stereocenters. The lowest BCUT2D eigenvalue weighted by atomic mass is 10.2. The van der Waals surface area contributed by atoms with Crippen molar-refractivity contribution in [1.29, 1.82) is 0 Å². The van der Waals surface area contributed by atoms with Crippen molar-refractivity contribution in [2.24, 2.45) is 0 Å². The number of halogens is 1. The number of aromatic nitrogens is 1. The Hall–Kier alpha value is -2.79. The molecule has 1 atom stereocenters. The van der Waals surface area contributed by atoms with Gasteiger partial charge in [-0.2, -0.15) is 0 Å². The zero-order chi connectivity index (χ0) is 17.1. The van der Waals surface area contributed by atoms with E-state index >= 15 is 0 Å². The van der Waals surface area contributed by atoms with Crippen LogP contribution in [0.2, 0.25) is 5.02 Å². The number of carbonyl (C=O) groups excluding carboxylic acids is 2. The van der Waals surface area contributed by atoms with Crippen molar-refractivity contribution in [3.05, 3.63) is 65.3 Å². The zero-order valence-corrected chi connectivity index (χ0v) is 13.6. The first-order valence-electron chi connectivity index (χ1n) is 7.38. The smallest absolute Gasteiger partial charge is 0.355 e. The number of nitrogens with one attached hydrogen (secondary N) is 2. The molecule has 0 saturated carbocycles. The summed E-state index contributed by atoms with van der Waals surface area (Å²) in [6, 6.07) is 15.9. The fourth-order valence-electron chi connectivity index (χ4n) is 2.24. The molecule has 6 heteroatoms. The Morgan fingerprint density at radius 3 is 2.54 bits per heavy atom. The van der Waals surface area contributed by atoms with Crippen LogP contribution < -0.4 is 5.32 Å². The van der Waals surface area contributed by atoms with Gasteiger partial charge in [0.05, 0.1) is 0 Å². The topological polar surface area (TPSA) is 71.2 Å². The Balaban J connectivity index is 1.64. The van der Waals surface area contributed by atoms with E-state index in [0.717, 1.165) is 10.9 Å². The Bertz CT molecular complexity index is 854. The first kappa shape index (κ1) is 16.1. The van der Waals surface area contributed by atoms with Crippen LogP contribution in [0.5, 0.6) is 0 Å². The molecule has 3 aromatic rings. The van der Waals surface area contributed by atoms with E-state index < -0.39 is 18.0 Å². The fourth-order valence-corrected chi connectivity index (χ4v) is 2.36. The predicted octanol–water partition coefficient (Wildman–Crippen LogP) is 4.01. The van der Waals surface area contributed by atoms with Gasteiger partial charge in [0.2, 0.25) is 0 Å². The van der Waals surface area contributed by atoms with E-state index in [0.29, 0.717) is 16.4 Å². The lowest BCUT2D eigenvalue weighted by molar-refractivity contribution is -0.123. The molecule has 0 aliphatic rings. The van der Waals surface area contributed by atoms with Gasteiger partial charge in [0.1, 0.15) is 5.69 Å². The Morgan fingerprint density at radius 1 is 1.12 bits per heavy atom. The number of esters is 1. The first-order valence-corrected chi connectivity index (χ1v) is 7.76. The second-order valence-electron chi connectivity index (χ2n) is 5.31. The van der Waals surface area contributed by atoms with Gasteiger partial charge < -0.3 is 15.0 Å². The maximum absolute atomic E-state index is 12.2. The number of aromatic amines is 1. The van der Waals surface area contributed by atoms with Gasteiger partial charge in [-0.25, -0.2) is 4.79 Å². The van der Waals surface area contributed by atoms with Crippen LogP contribution >= 0.6 is 11.6 Å². The van der Waals surface area contributed by atoms with E-state index in [4.69, 9.17) is 16.3 Å². The summed E-state index contributed by atoms with van der Waals surface area (Å²) in [4.78, 5) is 27.3. The average Bonchev–Trinajstić information content (AvgIpc) is 3.01. The minimum absolute atomic E-state index is 0.308. The highest BCUT2D eigenvalue weighted by Gasteiger charge is 2.20. The molecule has 1 aromatic heterocycles.